The van der Waals surface area contributed by atoms with Gasteiger partial charge in [0.15, 0.2) is 11.7 Å². The van der Waals surface area contributed by atoms with Crippen molar-refractivity contribution in [3.63, 3.8) is 0 Å². The molecule has 1 aromatic carbocycles. The fourth-order valence-corrected chi connectivity index (χ4v) is 4.59. The molecule has 144 valence electrons. The van der Waals surface area contributed by atoms with E-state index in [-0.39, 0.29) is 35.6 Å². The predicted molar refractivity (Wildman–Crippen MR) is 98.6 cm³/mol. The average molecular weight is 414 g/mol. The Bertz CT molecular complexity index is 933. The molecule has 10 heteroatoms. The zero-order chi connectivity index (χ0) is 19.4. The van der Waals surface area contributed by atoms with Crippen molar-refractivity contribution >= 4 is 33.2 Å². The number of sulfonamides is 1. The van der Waals surface area contributed by atoms with E-state index in [0.717, 1.165) is 11.0 Å². The van der Waals surface area contributed by atoms with E-state index in [0.29, 0.717) is 18.8 Å². The van der Waals surface area contributed by atoms with E-state index >= 15 is 0 Å². The number of hydrogen-bond acceptors (Lipinski definition) is 4. The number of nitrogens with one attached hydrogen (secondary N) is 2. The van der Waals surface area contributed by atoms with Crippen molar-refractivity contribution in [2.45, 2.75) is 4.90 Å². The molecule has 1 amide bonds. The quantitative estimate of drug-likeness (QED) is 0.695. The van der Waals surface area contributed by atoms with Gasteiger partial charge in [0.2, 0.25) is 10.0 Å². The van der Waals surface area contributed by atoms with Crippen molar-refractivity contribution in [1.29, 1.82) is 0 Å². The maximum Gasteiger partial charge on any atom is 0.279 e. The van der Waals surface area contributed by atoms with Gasteiger partial charge in [0.25, 0.3) is 5.91 Å². The summed E-state index contributed by atoms with van der Waals surface area (Å²) >= 11 is 5.91. The van der Waals surface area contributed by atoms with Gasteiger partial charge in [-0.05, 0) is 24.3 Å². The van der Waals surface area contributed by atoms with E-state index in [1.165, 1.54) is 28.7 Å². The Balaban J connectivity index is 1.57. The molecule has 1 aliphatic rings. The van der Waals surface area contributed by atoms with Gasteiger partial charge in [-0.1, -0.05) is 23.7 Å². The number of hydrogen-bond donors (Lipinski definition) is 2. The SMILES string of the molecule is O=C(C[NH+]1CCN(S(=O)(=O)c2ccccc2F)CC1)Nc1cccnc1Cl. The zero-order valence-electron chi connectivity index (χ0n) is 14.4. The van der Waals surface area contributed by atoms with Crippen LogP contribution >= 0.6 is 11.6 Å². The molecule has 1 fully saturated rings. The van der Waals surface area contributed by atoms with E-state index in [1.54, 1.807) is 12.1 Å². The van der Waals surface area contributed by atoms with Gasteiger partial charge in [-0.15, -0.1) is 0 Å². The molecule has 2 heterocycles. The maximum atomic E-state index is 13.8. The fourth-order valence-electron chi connectivity index (χ4n) is 2.91. The second kappa shape index (κ2) is 8.30. The van der Waals surface area contributed by atoms with Crippen LogP contribution in [0.4, 0.5) is 10.1 Å². The Kier molecular flexibility index (Phi) is 6.05. The van der Waals surface area contributed by atoms with Gasteiger partial charge in [-0.25, -0.2) is 17.8 Å². The molecule has 3 rings (SSSR count). The van der Waals surface area contributed by atoms with Crippen molar-refractivity contribution in [3.8, 4) is 0 Å². The van der Waals surface area contributed by atoms with Crippen molar-refractivity contribution in [3.05, 3.63) is 53.6 Å². The van der Waals surface area contributed by atoms with E-state index in [9.17, 15) is 17.6 Å². The van der Waals surface area contributed by atoms with Gasteiger partial charge in [-0.2, -0.15) is 4.31 Å². The Morgan fingerprint density at radius 1 is 1.22 bits per heavy atom. The number of nitrogens with zero attached hydrogens (tertiary/aromatic N) is 2. The summed E-state index contributed by atoms with van der Waals surface area (Å²) in [4.78, 5) is 16.7. The number of piperazine rings is 1. The normalized spacial score (nSPS) is 16.2. The number of quaternary nitrogens is 1. The molecule has 0 saturated carbocycles. The minimum Gasteiger partial charge on any atom is -0.325 e. The minimum atomic E-state index is -3.88. The summed E-state index contributed by atoms with van der Waals surface area (Å²) < 4.78 is 40.3. The van der Waals surface area contributed by atoms with Crippen LogP contribution in [0.5, 0.6) is 0 Å². The van der Waals surface area contributed by atoms with Crippen LogP contribution in [0.15, 0.2) is 47.5 Å². The van der Waals surface area contributed by atoms with Crippen molar-refractivity contribution in [2.75, 3.05) is 38.0 Å². The largest absolute Gasteiger partial charge is 0.325 e. The van der Waals surface area contributed by atoms with Crippen LogP contribution in [-0.4, -0.2) is 56.3 Å². The van der Waals surface area contributed by atoms with E-state index in [1.807, 2.05) is 0 Å². The van der Waals surface area contributed by atoms with Crippen LogP contribution in [0.25, 0.3) is 0 Å². The lowest BCUT2D eigenvalue weighted by Gasteiger charge is -2.31. The minimum absolute atomic E-state index is 0.179. The summed E-state index contributed by atoms with van der Waals surface area (Å²) in [7, 11) is -3.88. The molecule has 0 atom stereocenters. The van der Waals surface area contributed by atoms with Crippen LogP contribution in [0.3, 0.4) is 0 Å². The lowest BCUT2D eigenvalue weighted by atomic mass is 10.3. The Hall–Kier alpha value is -2.07. The highest BCUT2D eigenvalue weighted by molar-refractivity contribution is 7.89. The highest BCUT2D eigenvalue weighted by Gasteiger charge is 2.32. The van der Waals surface area contributed by atoms with Crippen molar-refractivity contribution < 1.29 is 22.5 Å². The number of carbonyl (C=O) groups is 1. The first kappa shape index (κ1) is 19.7. The zero-order valence-corrected chi connectivity index (χ0v) is 15.9. The number of carbonyl (C=O) groups excluding carboxylic acids is 1. The van der Waals surface area contributed by atoms with Gasteiger partial charge in [0, 0.05) is 6.20 Å². The lowest BCUT2D eigenvalue weighted by molar-refractivity contribution is -0.895. The van der Waals surface area contributed by atoms with E-state index in [4.69, 9.17) is 11.6 Å². The molecule has 2 aromatic rings. The molecule has 0 bridgehead atoms. The molecule has 1 aromatic heterocycles. The fraction of sp³-hybridized carbons (Fsp3) is 0.294. The van der Waals surface area contributed by atoms with Gasteiger partial charge in [0.1, 0.15) is 10.7 Å². The molecule has 0 unspecified atom stereocenters. The van der Waals surface area contributed by atoms with Crippen LogP contribution < -0.4 is 10.2 Å². The highest BCUT2D eigenvalue weighted by atomic mass is 35.5. The summed E-state index contributed by atoms with van der Waals surface area (Å²) in [6.45, 7) is 1.50. The van der Waals surface area contributed by atoms with Gasteiger partial charge < -0.3 is 10.2 Å². The molecule has 7 nitrogen and oxygen atoms in total. The Labute approximate surface area is 161 Å². The van der Waals surface area contributed by atoms with Gasteiger partial charge >= 0.3 is 0 Å². The monoisotopic (exact) mass is 413 g/mol. The van der Waals surface area contributed by atoms with Crippen molar-refractivity contribution in [2.24, 2.45) is 0 Å². The Morgan fingerprint density at radius 3 is 2.59 bits per heavy atom. The van der Waals surface area contributed by atoms with E-state index < -0.39 is 15.8 Å². The smallest absolute Gasteiger partial charge is 0.279 e. The highest BCUT2D eigenvalue weighted by Crippen LogP contribution is 2.19. The summed E-state index contributed by atoms with van der Waals surface area (Å²) in [5, 5.41) is 2.91. The topological polar surface area (TPSA) is 83.8 Å². The number of anilines is 1. The molecular formula is C17H19ClFN4O3S+. The third kappa shape index (κ3) is 4.62. The molecule has 0 spiro atoms. The summed E-state index contributed by atoms with van der Waals surface area (Å²) in [5.41, 5.74) is 0.435. The first-order chi connectivity index (χ1) is 12.9. The predicted octanol–water partition coefficient (Wildman–Crippen LogP) is 0.402. The standard InChI is InChI=1S/C17H18ClFN4O3S/c18-17-14(5-3-7-20-17)21-16(24)12-22-8-10-23(11-9-22)27(25,26)15-6-2-1-4-13(15)19/h1-7H,8-12H2,(H,21,24)/p+1. The molecule has 1 saturated heterocycles. The van der Waals surface area contributed by atoms with Crippen LogP contribution in [0, 0.1) is 5.82 Å². The first-order valence-corrected chi connectivity index (χ1v) is 10.2. The van der Waals surface area contributed by atoms with Crippen molar-refractivity contribution in [1.82, 2.24) is 9.29 Å². The summed E-state index contributed by atoms with van der Waals surface area (Å²) in [5.74, 6) is -0.995. The molecule has 0 radical (unpaired) electrons. The van der Waals surface area contributed by atoms with Gasteiger partial charge in [0.05, 0.1) is 31.9 Å². The first-order valence-electron chi connectivity index (χ1n) is 8.36. The van der Waals surface area contributed by atoms with Gasteiger partial charge in [-0.3, -0.25) is 4.79 Å². The number of aromatic nitrogens is 1. The molecular weight excluding hydrogens is 395 g/mol. The molecule has 2 N–H and O–H groups in total. The van der Waals surface area contributed by atoms with Crippen LogP contribution in [0.1, 0.15) is 0 Å². The average Bonchev–Trinajstić information content (AvgIpc) is 2.64. The molecule has 1 aliphatic heterocycles. The second-order valence-corrected chi connectivity index (χ2v) is 8.42. The number of benzene rings is 1. The number of amides is 1. The number of halogens is 2. The third-order valence-corrected chi connectivity index (χ3v) is 6.56. The Morgan fingerprint density at radius 2 is 1.93 bits per heavy atom. The van der Waals surface area contributed by atoms with Crippen LogP contribution in [0.2, 0.25) is 5.15 Å². The maximum absolute atomic E-state index is 13.8. The second-order valence-electron chi connectivity index (χ2n) is 6.15. The molecule has 0 aliphatic carbocycles. The van der Waals surface area contributed by atoms with Crippen LogP contribution in [-0.2, 0) is 14.8 Å². The summed E-state index contributed by atoms with van der Waals surface area (Å²) in [6.07, 6.45) is 1.53. The lowest BCUT2D eigenvalue weighted by Crippen LogP contribution is -3.15. The third-order valence-electron chi connectivity index (χ3n) is 4.33. The van der Waals surface area contributed by atoms with E-state index in [2.05, 4.69) is 10.3 Å². The number of rotatable bonds is 5. The summed E-state index contributed by atoms with van der Waals surface area (Å²) in [6, 6.07) is 8.65. The number of pyridine rings is 1. The molecule has 27 heavy (non-hydrogen) atoms.